The molecule has 7 nitrogen and oxygen atoms in total. The van der Waals surface area contributed by atoms with Crippen molar-refractivity contribution in [1.29, 1.82) is 0 Å². The number of phenolic OH excluding ortho intramolecular Hbond substituents is 1. The maximum Gasteiger partial charge on any atom is 0.303 e. The molecule has 3 rings (SSSR count). The van der Waals surface area contributed by atoms with Gasteiger partial charge in [0.15, 0.2) is 11.5 Å². The van der Waals surface area contributed by atoms with E-state index in [1.807, 2.05) is 0 Å². The summed E-state index contributed by atoms with van der Waals surface area (Å²) in [6.45, 7) is 5.63. The number of hydrogen-bond acceptors (Lipinski definition) is 7. The van der Waals surface area contributed by atoms with Gasteiger partial charge in [0.2, 0.25) is 0 Å². The monoisotopic (exact) mass is 479 g/mol. The fourth-order valence-electron chi connectivity index (χ4n) is 3.46. The smallest absolute Gasteiger partial charge is 0.303 e. The number of aromatic hydroxyl groups is 1. The zero-order chi connectivity index (χ0) is 25.3. The predicted molar refractivity (Wildman–Crippen MR) is 122 cm³/mol. The van der Waals surface area contributed by atoms with E-state index >= 15 is 4.39 Å². The average Bonchev–Trinajstić information content (AvgIpc) is 2.73. The third-order valence-electron chi connectivity index (χ3n) is 5.39. The number of phenols is 1. The second-order valence-electron chi connectivity index (χ2n) is 8.51. The van der Waals surface area contributed by atoms with E-state index in [1.54, 1.807) is 19.9 Å². The number of alkyl halides is 2. The quantitative estimate of drug-likeness (QED) is 0.378. The summed E-state index contributed by atoms with van der Waals surface area (Å²) in [4.78, 5) is 8.69. The van der Waals surface area contributed by atoms with E-state index in [9.17, 15) is 19.0 Å². The summed E-state index contributed by atoms with van der Waals surface area (Å²) in [6.07, 6.45) is 0. The molecule has 0 bridgehead atoms. The van der Waals surface area contributed by atoms with Gasteiger partial charge in [-0.3, -0.25) is 0 Å². The van der Waals surface area contributed by atoms with Crippen molar-refractivity contribution in [1.82, 2.24) is 9.97 Å². The fraction of sp³-hybridized carbons (Fsp3) is 0.417. The van der Waals surface area contributed by atoms with Gasteiger partial charge in [-0.2, -0.15) is 8.78 Å². The first-order valence-electron chi connectivity index (χ1n) is 10.7. The van der Waals surface area contributed by atoms with E-state index in [2.05, 4.69) is 15.3 Å². The number of nitrogens with one attached hydrogen (secondary N) is 1. The van der Waals surface area contributed by atoms with E-state index < -0.39 is 28.9 Å². The van der Waals surface area contributed by atoms with Crippen LogP contribution in [0.25, 0.3) is 10.9 Å². The molecule has 10 heteroatoms. The molecule has 0 aliphatic rings. The van der Waals surface area contributed by atoms with Gasteiger partial charge in [0, 0.05) is 24.1 Å². The van der Waals surface area contributed by atoms with Crippen LogP contribution in [0, 0.1) is 12.7 Å². The topological polar surface area (TPSA) is 96.7 Å². The third-order valence-corrected chi connectivity index (χ3v) is 5.39. The van der Waals surface area contributed by atoms with Gasteiger partial charge in [0.25, 0.3) is 0 Å². The Kier molecular flexibility index (Phi) is 7.23. The van der Waals surface area contributed by atoms with E-state index in [0.717, 1.165) is 19.9 Å². The molecule has 3 aromatic rings. The second-order valence-corrected chi connectivity index (χ2v) is 8.51. The van der Waals surface area contributed by atoms with Crippen molar-refractivity contribution in [2.45, 2.75) is 45.3 Å². The van der Waals surface area contributed by atoms with Gasteiger partial charge in [0.1, 0.15) is 29.7 Å². The number of benzene rings is 2. The molecule has 34 heavy (non-hydrogen) atoms. The summed E-state index contributed by atoms with van der Waals surface area (Å²) >= 11 is 0. The van der Waals surface area contributed by atoms with Crippen molar-refractivity contribution in [3.63, 3.8) is 0 Å². The summed E-state index contributed by atoms with van der Waals surface area (Å²) in [5.74, 6) is -4.16. The molecule has 1 heterocycles. The molecule has 0 aliphatic heterocycles. The largest absolute Gasteiger partial charge is 0.504 e. The number of aliphatic hydroxyl groups is 1. The van der Waals surface area contributed by atoms with Crippen LogP contribution in [0.5, 0.6) is 11.5 Å². The van der Waals surface area contributed by atoms with Gasteiger partial charge in [-0.05, 0) is 39.8 Å². The Labute approximate surface area is 195 Å². The van der Waals surface area contributed by atoms with Crippen LogP contribution in [0.4, 0.5) is 19.0 Å². The molecule has 0 saturated carbocycles. The highest BCUT2D eigenvalue weighted by molar-refractivity contribution is 5.91. The van der Waals surface area contributed by atoms with Crippen LogP contribution in [0.2, 0.25) is 0 Å². The molecule has 3 N–H and O–H groups in total. The summed E-state index contributed by atoms with van der Waals surface area (Å²) in [5, 5.41) is 23.7. The Morgan fingerprint density at radius 2 is 1.85 bits per heavy atom. The number of nitrogens with zero attached hydrogens (tertiary/aromatic N) is 2. The normalized spacial score (nSPS) is 13.2. The van der Waals surface area contributed by atoms with Crippen molar-refractivity contribution >= 4 is 16.7 Å². The lowest BCUT2D eigenvalue weighted by Gasteiger charge is -2.30. The Bertz CT molecular complexity index is 1180. The molecule has 2 aromatic carbocycles. The standard InChI is InChI=1S/C24H28F3N3O4/c1-13(15-7-6-8-17(21(15)25)24(26,27)23(3,4)32)28-22-16-11-20(34-10-9-33-5)19(31)12-18(16)29-14(2)30-22/h6-8,11-13,31-32H,9-10H2,1-5H3,(H,28,29,30)/t13-/m1/s1. The van der Waals surface area contributed by atoms with Crippen LogP contribution < -0.4 is 10.1 Å². The van der Waals surface area contributed by atoms with E-state index in [1.165, 1.54) is 25.3 Å². The Balaban J connectivity index is 2.01. The van der Waals surface area contributed by atoms with Gasteiger partial charge < -0.3 is 25.0 Å². The SMILES string of the molecule is COCCOc1cc2c(N[C@H](C)c3cccc(C(F)(F)C(C)(C)O)c3F)nc(C)nc2cc1O. The third kappa shape index (κ3) is 5.02. The highest BCUT2D eigenvalue weighted by Gasteiger charge is 2.49. The van der Waals surface area contributed by atoms with Crippen molar-refractivity contribution < 1.29 is 32.9 Å². The lowest BCUT2D eigenvalue weighted by Crippen LogP contribution is -2.41. The summed E-state index contributed by atoms with van der Waals surface area (Å²) < 4.78 is 55.1. The minimum Gasteiger partial charge on any atom is -0.504 e. The number of fused-ring (bicyclic) bond motifs is 1. The molecule has 1 aromatic heterocycles. The van der Waals surface area contributed by atoms with E-state index in [0.29, 0.717) is 29.2 Å². The van der Waals surface area contributed by atoms with E-state index in [4.69, 9.17) is 9.47 Å². The average molecular weight is 479 g/mol. The molecular weight excluding hydrogens is 451 g/mol. The molecule has 0 aliphatic carbocycles. The van der Waals surface area contributed by atoms with Crippen LogP contribution in [-0.4, -0.2) is 46.1 Å². The predicted octanol–water partition coefficient (Wildman–Crippen LogP) is 4.84. The van der Waals surface area contributed by atoms with Crippen LogP contribution in [-0.2, 0) is 10.7 Å². The van der Waals surface area contributed by atoms with Crippen LogP contribution >= 0.6 is 0 Å². The van der Waals surface area contributed by atoms with Crippen LogP contribution in [0.3, 0.4) is 0 Å². The minimum absolute atomic E-state index is 0.0267. The first kappa shape index (κ1) is 25.5. The zero-order valence-electron chi connectivity index (χ0n) is 19.6. The highest BCUT2D eigenvalue weighted by Crippen LogP contribution is 2.41. The van der Waals surface area contributed by atoms with Crippen molar-refractivity contribution in [2.24, 2.45) is 0 Å². The lowest BCUT2D eigenvalue weighted by atomic mass is 9.91. The highest BCUT2D eigenvalue weighted by atomic mass is 19.3. The molecular formula is C24H28F3N3O4. The van der Waals surface area contributed by atoms with Crippen LogP contribution in [0.15, 0.2) is 30.3 Å². The van der Waals surface area contributed by atoms with Crippen molar-refractivity contribution in [3.8, 4) is 11.5 Å². The second kappa shape index (κ2) is 9.63. The minimum atomic E-state index is -3.81. The summed E-state index contributed by atoms with van der Waals surface area (Å²) in [7, 11) is 1.52. The van der Waals surface area contributed by atoms with Crippen molar-refractivity contribution in [3.05, 3.63) is 53.1 Å². The number of methoxy groups -OCH3 is 1. The molecule has 0 radical (unpaired) electrons. The Morgan fingerprint density at radius 1 is 1.15 bits per heavy atom. The molecule has 1 atom stereocenters. The maximum absolute atomic E-state index is 15.2. The molecule has 0 unspecified atom stereocenters. The molecule has 0 fully saturated rings. The molecule has 184 valence electrons. The zero-order valence-corrected chi connectivity index (χ0v) is 19.6. The summed E-state index contributed by atoms with van der Waals surface area (Å²) in [6, 6.07) is 5.85. The van der Waals surface area contributed by atoms with Gasteiger partial charge in [-0.1, -0.05) is 12.1 Å². The number of rotatable bonds is 9. The van der Waals surface area contributed by atoms with Gasteiger partial charge >= 0.3 is 5.92 Å². The van der Waals surface area contributed by atoms with Crippen molar-refractivity contribution in [2.75, 3.05) is 25.6 Å². The number of aryl methyl sites for hydroxylation is 1. The Morgan fingerprint density at radius 3 is 2.50 bits per heavy atom. The number of aromatic nitrogens is 2. The maximum atomic E-state index is 15.2. The molecule has 0 spiro atoms. The van der Waals surface area contributed by atoms with E-state index in [-0.39, 0.29) is 23.7 Å². The van der Waals surface area contributed by atoms with Gasteiger partial charge in [-0.15, -0.1) is 0 Å². The van der Waals surface area contributed by atoms with Crippen LogP contribution in [0.1, 0.15) is 43.8 Å². The summed E-state index contributed by atoms with van der Waals surface area (Å²) in [5.41, 5.74) is -2.96. The first-order valence-corrected chi connectivity index (χ1v) is 10.7. The van der Waals surface area contributed by atoms with Gasteiger partial charge in [-0.25, -0.2) is 14.4 Å². The number of ether oxygens (including phenoxy) is 2. The number of anilines is 1. The molecule has 0 amide bonds. The Hall–Kier alpha value is -3.11. The first-order chi connectivity index (χ1) is 15.9. The number of hydrogen-bond donors (Lipinski definition) is 3. The van der Waals surface area contributed by atoms with Gasteiger partial charge in [0.05, 0.1) is 23.7 Å². The number of halogens is 3. The molecule has 0 saturated heterocycles. The fourth-order valence-corrected chi connectivity index (χ4v) is 3.46. The lowest BCUT2D eigenvalue weighted by molar-refractivity contribution is -0.170.